The number of nitrogens with zero attached hydrogens (tertiary/aromatic N) is 5. The molecule has 0 saturated carbocycles. The summed E-state index contributed by atoms with van der Waals surface area (Å²) in [5.74, 6) is 0. The number of rotatable bonds is 4. The number of aryl methyl sites for hydroxylation is 1. The summed E-state index contributed by atoms with van der Waals surface area (Å²) in [5.41, 5.74) is 2.66. The second-order valence-electron chi connectivity index (χ2n) is 4.22. The predicted molar refractivity (Wildman–Crippen MR) is 70.0 cm³/mol. The van der Waals surface area contributed by atoms with Crippen LogP contribution in [0.15, 0.2) is 31.0 Å². The van der Waals surface area contributed by atoms with Crippen LogP contribution in [0.4, 0.5) is 0 Å². The molecule has 0 fully saturated rings. The van der Waals surface area contributed by atoms with Gasteiger partial charge in [-0.1, -0.05) is 0 Å². The zero-order valence-electron chi connectivity index (χ0n) is 10.2. The molecule has 0 aliphatic rings. The minimum atomic E-state index is 0.546. The highest BCUT2D eigenvalue weighted by molar-refractivity contribution is 5.89. The lowest BCUT2D eigenvalue weighted by atomic mass is 10.2. The van der Waals surface area contributed by atoms with E-state index in [9.17, 15) is 0 Å². The van der Waals surface area contributed by atoms with E-state index in [0.29, 0.717) is 6.42 Å². The van der Waals surface area contributed by atoms with E-state index in [4.69, 9.17) is 5.26 Å². The van der Waals surface area contributed by atoms with Crippen LogP contribution >= 0.6 is 0 Å². The molecule has 1 N–H and O–H groups in total. The standard InChI is InChI=1S/C13H12N6/c14-4-1-2-6-19-8-10(7-18-19)12-11-3-5-15-13(11)17-9-16-12/h3,5,7-9H,1-2,6H2,(H,15,16,17). The molecular weight excluding hydrogens is 240 g/mol. The number of nitrogens with one attached hydrogen (secondary N) is 1. The maximum Gasteiger partial charge on any atom is 0.141 e. The summed E-state index contributed by atoms with van der Waals surface area (Å²) >= 11 is 0. The van der Waals surface area contributed by atoms with Crippen molar-refractivity contribution in [2.45, 2.75) is 19.4 Å². The first kappa shape index (κ1) is 11.4. The number of hydrogen-bond acceptors (Lipinski definition) is 4. The van der Waals surface area contributed by atoms with Gasteiger partial charge in [-0.2, -0.15) is 10.4 Å². The van der Waals surface area contributed by atoms with Crippen molar-refractivity contribution in [2.75, 3.05) is 0 Å². The minimum Gasteiger partial charge on any atom is -0.346 e. The van der Waals surface area contributed by atoms with Crippen LogP contribution < -0.4 is 0 Å². The minimum absolute atomic E-state index is 0.546. The Morgan fingerprint density at radius 3 is 3.21 bits per heavy atom. The molecule has 3 aromatic heterocycles. The molecule has 3 heterocycles. The summed E-state index contributed by atoms with van der Waals surface area (Å²) in [6.45, 7) is 0.745. The first-order valence-electron chi connectivity index (χ1n) is 6.06. The van der Waals surface area contributed by atoms with Gasteiger partial charge >= 0.3 is 0 Å². The zero-order valence-corrected chi connectivity index (χ0v) is 10.2. The van der Waals surface area contributed by atoms with E-state index in [1.165, 1.54) is 0 Å². The Balaban J connectivity index is 1.90. The van der Waals surface area contributed by atoms with Crippen LogP contribution in [0.5, 0.6) is 0 Å². The fourth-order valence-electron chi connectivity index (χ4n) is 2.03. The SMILES string of the molecule is N#CCCCn1cc(-c2ncnc3[nH]ccc23)cn1. The lowest BCUT2D eigenvalue weighted by molar-refractivity contribution is 0.586. The van der Waals surface area contributed by atoms with Crippen molar-refractivity contribution in [3.63, 3.8) is 0 Å². The largest absolute Gasteiger partial charge is 0.346 e. The van der Waals surface area contributed by atoms with Crippen LogP contribution in [0.25, 0.3) is 22.3 Å². The molecule has 0 unspecified atom stereocenters. The molecule has 0 radical (unpaired) electrons. The molecule has 0 amide bonds. The molecule has 0 spiro atoms. The smallest absolute Gasteiger partial charge is 0.141 e. The van der Waals surface area contributed by atoms with E-state index in [-0.39, 0.29) is 0 Å². The molecule has 0 aromatic carbocycles. The molecule has 0 aliphatic carbocycles. The summed E-state index contributed by atoms with van der Waals surface area (Å²) in [7, 11) is 0. The number of fused-ring (bicyclic) bond motifs is 1. The van der Waals surface area contributed by atoms with Crippen LogP contribution in [0, 0.1) is 11.3 Å². The van der Waals surface area contributed by atoms with E-state index < -0.39 is 0 Å². The molecule has 94 valence electrons. The van der Waals surface area contributed by atoms with Crippen molar-refractivity contribution in [2.24, 2.45) is 0 Å². The lowest BCUT2D eigenvalue weighted by Gasteiger charge is -1.98. The number of hydrogen-bond donors (Lipinski definition) is 1. The monoisotopic (exact) mass is 252 g/mol. The van der Waals surface area contributed by atoms with Gasteiger partial charge in [0.15, 0.2) is 0 Å². The van der Waals surface area contributed by atoms with Gasteiger partial charge in [-0.3, -0.25) is 4.68 Å². The first-order chi connectivity index (χ1) is 9.38. The second kappa shape index (κ2) is 4.90. The topological polar surface area (TPSA) is 83.2 Å². The number of H-pyrrole nitrogens is 1. The highest BCUT2D eigenvalue weighted by atomic mass is 15.3. The molecule has 3 aromatic rings. The molecule has 0 saturated heterocycles. The maximum absolute atomic E-state index is 8.52. The van der Waals surface area contributed by atoms with Crippen molar-refractivity contribution in [3.05, 3.63) is 31.0 Å². The van der Waals surface area contributed by atoms with Gasteiger partial charge in [-0.15, -0.1) is 0 Å². The zero-order chi connectivity index (χ0) is 13.1. The van der Waals surface area contributed by atoms with E-state index in [1.54, 1.807) is 12.5 Å². The Labute approximate surface area is 109 Å². The summed E-state index contributed by atoms with van der Waals surface area (Å²) in [5, 5.41) is 13.8. The molecule has 0 aliphatic heterocycles. The third-order valence-corrected chi connectivity index (χ3v) is 2.94. The maximum atomic E-state index is 8.52. The lowest BCUT2D eigenvalue weighted by Crippen LogP contribution is -1.97. The highest BCUT2D eigenvalue weighted by Crippen LogP contribution is 2.23. The van der Waals surface area contributed by atoms with Gasteiger partial charge in [0.2, 0.25) is 0 Å². The van der Waals surface area contributed by atoms with E-state index in [1.807, 2.05) is 23.1 Å². The van der Waals surface area contributed by atoms with Crippen molar-refractivity contribution >= 4 is 11.0 Å². The van der Waals surface area contributed by atoms with Gasteiger partial charge in [-0.05, 0) is 12.5 Å². The highest BCUT2D eigenvalue weighted by Gasteiger charge is 2.09. The number of aromatic amines is 1. The van der Waals surface area contributed by atoms with Crippen molar-refractivity contribution in [1.29, 1.82) is 5.26 Å². The summed E-state index contributed by atoms with van der Waals surface area (Å²) < 4.78 is 1.84. The van der Waals surface area contributed by atoms with Crippen LogP contribution in [-0.2, 0) is 6.54 Å². The van der Waals surface area contributed by atoms with Gasteiger partial charge in [0, 0.05) is 36.3 Å². The van der Waals surface area contributed by atoms with E-state index in [2.05, 4.69) is 26.1 Å². The average molecular weight is 252 g/mol. The van der Waals surface area contributed by atoms with Crippen molar-refractivity contribution in [3.8, 4) is 17.3 Å². The Bertz CT molecular complexity index is 733. The number of nitriles is 1. The normalized spacial score (nSPS) is 10.7. The molecule has 0 atom stereocenters. The molecule has 3 rings (SSSR count). The van der Waals surface area contributed by atoms with Crippen molar-refractivity contribution in [1.82, 2.24) is 24.7 Å². The number of aromatic nitrogens is 5. The second-order valence-corrected chi connectivity index (χ2v) is 4.22. The third kappa shape index (κ3) is 2.18. The molecule has 6 heteroatoms. The van der Waals surface area contributed by atoms with Gasteiger partial charge in [-0.25, -0.2) is 9.97 Å². The third-order valence-electron chi connectivity index (χ3n) is 2.94. The average Bonchev–Trinajstić information content (AvgIpc) is 3.07. The molecule has 19 heavy (non-hydrogen) atoms. The summed E-state index contributed by atoms with van der Waals surface area (Å²) in [6, 6.07) is 4.09. The van der Waals surface area contributed by atoms with Crippen LogP contribution in [-0.4, -0.2) is 24.7 Å². The Hall–Kier alpha value is -2.68. The Kier molecular flexibility index (Phi) is 2.94. The summed E-state index contributed by atoms with van der Waals surface area (Å²) in [6.07, 6.45) is 8.49. The first-order valence-corrected chi connectivity index (χ1v) is 6.06. The van der Waals surface area contributed by atoms with Gasteiger partial charge in [0.1, 0.15) is 12.0 Å². The fraction of sp³-hybridized carbons (Fsp3) is 0.231. The van der Waals surface area contributed by atoms with Crippen molar-refractivity contribution < 1.29 is 0 Å². The van der Waals surface area contributed by atoms with E-state index in [0.717, 1.165) is 35.3 Å². The van der Waals surface area contributed by atoms with Gasteiger partial charge < -0.3 is 4.98 Å². The van der Waals surface area contributed by atoms with Gasteiger partial charge in [0.25, 0.3) is 0 Å². The predicted octanol–water partition coefficient (Wildman–Crippen LogP) is 2.13. The molecule has 6 nitrogen and oxygen atoms in total. The van der Waals surface area contributed by atoms with Crippen LogP contribution in [0.3, 0.4) is 0 Å². The molecule has 0 bridgehead atoms. The van der Waals surface area contributed by atoms with Crippen LogP contribution in [0.1, 0.15) is 12.8 Å². The Morgan fingerprint density at radius 1 is 1.37 bits per heavy atom. The fourth-order valence-corrected chi connectivity index (χ4v) is 2.03. The number of unbranched alkanes of at least 4 members (excludes halogenated alkanes) is 1. The van der Waals surface area contributed by atoms with Gasteiger partial charge in [0.05, 0.1) is 18.0 Å². The van der Waals surface area contributed by atoms with Crippen LogP contribution in [0.2, 0.25) is 0 Å². The summed E-state index contributed by atoms with van der Waals surface area (Å²) in [4.78, 5) is 11.6. The molecular formula is C13H12N6. The van der Waals surface area contributed by atoms with E-state index >= 15 is 0 Å². The quantitative estimate of drug-likeness (QED) is 0.721. The Morgan fingerprint density at radius 2 is 2.32 bits per heavy atom.